The summed E-state index contributed by atoms with van der Waals surface area (Å²) in [6.07, 6.45) is 6.83. The van der Waals surface area contributed by atoms with Crippen LogP contribution in [0.5, 0.6) is 0 Å². The van der Waals surface area contributed by atoms with Gasteiger partial charge in [-0.1, -0.05) is 24.3 Å². The number of fused-ring (bicyclic) bond motifs is 3. The molecule has 3 nitrogen and oxygen atoms in total. The third-order valence-corrected chi connectivity index (χ3v) is 6.92. The molecule has 22 heavy (non-hydrogen) atoms. The van der Waals surface area contributed by atoms with Gasteiger partial charge >= 0.3 is 0 Å². The summed E-state index contributed by atoms with van der Waals surface area (Å²) < 4.78 is 1.16. The number of carbonyl (C=O) groups excluding carboxylic acids is 2. The first-order chi connectivity index (χ1) is 10.6. The normalized spacial score (nSPS) is 36.5. The van der Waals surface area contributed by atoms with Crippen molar-refractivity contribution < 1.29 is 9.59 Å². The van der Waals surface area contributed by atoms with E-state index in [4.69, 9.17) is 0 Å². The molecule has 112 valence electrons. The van der Waals surface area contributed by atoms with Crippen LogP contribution >= 0.6 is 22.6 Å². The Morgan fingerprint density at radius 3 is 2.05 bits per heavy atom. The minimum Gasteiger partial charge on any atom is -0.278 e. The van der Waals surface area contributed by atoms with E-state index in [0.717, 1.165) is 9.13 Å². The predicted octanol–water partition coefficient (Wildman–Crippen LogP) is 2.99. The van der Waals surface area contributed by atoms with Crippen molar-refractivity contribution in [3.8, 4) is 0 Å². The van der Waals surface area contributed by atoms with E-state index >= 15 is 0 Å². The fraction of sp³-hybridized carbons (Fsp3) is 0.444. The summed E-state index contributed by atoms with van der Waals surface area (Å²) in [5, 5.41) is 0. The molecule has 2 saturated carbocycles. The highest BCUT2D eigenvalue weighted by Gasteiger charge is 2.73. The molecule has 5 rings (SSSR count). The van der Waals surface area contributed by atoms with E-state index in [0.29, 0.717) is 18.4 Å². The minimum atomic E-state index is -0.0751. The quantitative estimate of drug-likeness (QED) is 0.431. The fourth-order valence-electron chi connectivity index (χ4n) is 5.07. The first-order valence-electron chi connectivity index (χ1n) is 7.90. The van der Waals surface area contributed by atoms with Crippen molar-refractivity contribution in [2.45, 2.75) is 19.4 Å². The van der Waals surface area contributed by atoms with Gasteiger partial charge in [-0.15, -0.1) is 0 Å². The lowest BCUT2D eigenvalue weighted by molar-refractivity contribution is -0.141. The maximum Gasteiger partial charge on any atom is 0.234 e. The van der Waals surface area contributed by atoms with Crippen LogP contribution < -0.4 is 0 Å². The van der Waals surface area contributed by atoms with Crippen LogP contribution in [0.15, 0.2) is 36.4 Å². The summed E-state index contributed by atoms with van der Waals surface area (Å²) in [4.78, 5) is 27.2. The number of hydrogen-bond donors (Lipinski definition) is 0. The lowest BCUT2D eigenvalue weighted by atomic mass is 9.85. The molecule has 1 heterocycles. The van der Waals surface area contributed by atoms with Crippen molar-refractivity contribution in [2.24, 2.45) is 29.1 Å². The Kier molecular flexibility index (Phi) is 2.55. The molecule has 2 amide bonds. The third-order valence-electron chi connectivity index (χ3n) is 6.20. The molecule has 0 unspecified atom stereocenters. The standard InChI is InChI=1S/C18H16INO2/c19-11-3-1-10(2-4-11)9-20-16(21)14-12-5-6-13(15(14)17(20)22)18(12)7-8-18/h1-6,12-15H,7-9H2/t12-,13-,14+,15+/m1/s1. The van der Waals surface area contributed by atoms with Crippen LogP contribution in [0.2, 0.25) is 0 Å². The van der Waals surface area contributed by atoms with Gasteiger partial charge in [-0.2, -0.15) is 0 Å². The van der Waals surface area contributed by atoms with Crippen molar-refractivity contribution in [2.75, 3.05) is 0 Å². The summed E-state index contributed by atoms with van der Waals surface area (Å²) in [7, 11) is 0. The largest absolute Gasteiger partial charge is 0.278 e. The summed E-state index contributed by atoms with van der Waals surface area (Å²) in [5.41, 5.74) is 1.32. The van der Waals surface area contributed by atoms with Crippen LogP contribution in [-0.4, -0.2) is 16.7 Å². The molecule has 4 atom stereocenters. The zero-order valence-corrected chi connectivity index (χ0v) is 14.2. The van der Waals surface area contributed by atoms with Gasteiger partial charge in [0.1, 0.15) is 0 Å². The highest BCUT2D eigenvalue weighted by Crippen LogP contribution is 2.73. The Labute approximate surface area is 142 Å². The summed E-state index contributed by atoms with van der Waals surface area (Å²) in [5.74, 6) is 0.623. The van der Waals surface area contributed by atoms with Crippen LogP contribution in [0, 0.1) is 32.7 Å². The molecule has 2 bridgehead atoms. The van der Waals surface area contributed by atoms with Gasteiger partial charge in [0, 0.05) is 3.57 Å². The van der Waals surface area contributed by atoms with Crippen LogP contribution in [0.3, 0.4) is 0 Å². The molecule has 1 aromatic carbocycles. The van der Waals surface area contributed by atoms with Crippen molar-refractivity contribution in [1.82, 2.24) is 4.90 Å². The van der Waals surface area contributed by atoms with Gasteiger partial charge in [0.25, 0.3) is 0 Å². The SMILES string of the molecule is O=C1[C@@H]2[C@@H](C(=O)N1Cc1ccc(I)cc1)[C@H]1C=C[C@H]2C12CC2. The molecule has 0 radical (unpaired) electrons. The smallest absolute Gasteiger partial charge is 0.234 e. The van der Waals surface area contributed by atoms with E-state index in [2.05, 4.69) is 34.7 Å². The molecule has 0 aromatic heterocycles. The zero-order valence-electron chi connectivity index (χ0n) is 12.0. The number of benzene rings is 1. The van der Waals surface area contributed by atoms with E-state index in [1.807, 2.05) is 24.3 Å². The van der Waals surface area contributed by atoms with Crippen molar-refractivity contribution in [3.05, 3.63) is 45.6 Å². The number of hydrogen-bond acceptors (Lipinski definition) is 2. The number of amides is 2. The second kappa shape index (κ2) is 4.22. The van der Waals surface area contributed by atoms with Crippen LogP contribution in [-0.2, 0) is 16.1 Å². The van der Waals surface area contributed by atoms with E-state index in [1.54, 1.807) is 0 Å². The first-order valence-corrected chi connectivity index (χ1v) is 8.98. The zero-order chi connectivity index (χ0) is 15.1. The number of carbonyl (C=O) groups is 2. The summed E-state index contributed by atoms with van der Waals surface area (Å²) >= 11 is 2.26. The average molecular weight is 405 g/mol. The Balaban J connectivity index is 1.45. The first kappa shape index (κ1) is 13.3. The van der Waals surface area contributed by atoms with E-state index in [1.165, 1.54) is 17.7 Å². The number of imide groups is 1. The number of halogens is 1. The molecule has 0 N–H and O–H groups in total. The minimum absolute atomic E-state index is 0.0664. The molecule has 3 fully saturated rings. The molecule has 4 heteroatoms. The fourth-order valence-corrected chi connectivity index (χ4v) is 5.43. The van der Waals surface area contributed by atoms with E-state index in [9.17, 15) is 9.59 Å². The highest BCUT2D eigenvalue weighted by molar-refractivity contribution is 14.1. The third kappa shape index (κ3) is 1.52. The van der Waals surface area contributed by atoms with Crippen molar-refractivity contribution >= 4 is 34.4 Å². The van der Waals surface area contributed by atoms with Crippen molar-refractivity contribution in [1.29, 1.82) is 0 Å². The second-order valence-corrected chi connectivity index (χ2v) is 8.36. The monoisotopic (exact) mass is 405 g/mol. The number of nitrogens with zero attached hydrogens (tertiary/aromatic N) is 1. The Morgan fingerprint density at radius 1 is 1.00 bits per heavy atom. The molecule has 1 spiro atoms. The van der Waals surface area contributed by atoms with Gasteiger partial charge in [0.2, 0.25) is 11.8 Å². The molecular formula is C18H16INO2. The van der Waals surface area contributed by atoms with Crippen LogP contribution in [0.1, 0.15) is 18.4 Å². The van der Waals surface area contributed by atoms with Gasteiger partial charge in [-0.25, -0.2) is 0 Å². The predicted molar refractivity (Wildman–Crippen MR) is 89.5 cm³/mol. The maximum absolute atomic E-state index is 12.8. The van der Waals surface area contributed by atoms with E-state index < -0.39 is 0 Å². The van der Waals surface area contributed by atoms with Gasteiger partial charge in [0.15, 0.2) is 0 Å². The number of allylic oxidation sites excluding steroid dienone is 2. The van der Waals surface area contributed by atoms with Gasteiger partial charge in [-0.05, 0) is 70.4 Å². The van der Waals surface area contributed by atoms with Crippen molar-refractivity contribution in [3.63, 3.8) is 0 Å². The molecule has 4 aliphatic rings. The van der Waals surface area contributed by atoms with Gasteiger partial charge in [0.05, 0.1) is 18.4 Å². The lowest BCUT2D eigenvalue weighted by Crippen LogP contribution is -2.34. The summed E-state index contributed by atoms with van der Waals surface area (Å²) in [6.45, 7) is 0.425. The Morgan fingerprint density at radius 2 is 1.55 bits per heavy atom. The van der Waals surface area contributed by atoms with Crippen LogP contribution in [0.4, 0.5) is 0 Å². The van der Waals surface area contributed by atoms with Gasteiger partial charge < -0.3 is 0 Å². The van der Waals surface area contributed by atoms with Crippen LogP contribution in [0.25, 0.3) is 0 Å². The lowest BCUT2D eigenvalue weighted by Gasteiger charge is -2.21. The summed E-state index contributed by atoms with van der Waals surface area (Å²) in [6, 6.07) is 8.05. The Bertz CT molecular complexity index is 685. The topological polar surface area (TPSA) is 37.4 Å². The van der Waals surface area contributed by atoms with Gasteiger partial charge in [-0.3, -0.25) is 14.5 Å². The highest BCUT2D eigenvalue weighted by atomic mass is 127. The molecule has 1 aromatic rings. The maximum atomic E-state index is 12.8. The molecule has 1 aliphatic heterocycles. The van der Waals surface area contributed by atoms with E-state index in [-0.39, 0.29) is 29.1 Å². The average Bonchev–Trinajstić information content (AvgIpc) is 3.12. The molecule has 1 saturated heterocycles. The molecular weight excluding hydrogens is 389 g/mol. The Hall–Kier alpha value is -1.17. The number of rotatable bonds is 2. The molecule has 3 aliphatic carbocycles. The second-order valence-electron chi connectivity index (χ2n) is 7.11. The number of likely N-dealkylation sites (tertiary alicyclic amines) is 1.